The van der Waals surface area contributed by atoms with Gasteiger partial charge in [0.2, 0.25) is 0 Å². The van der Waals surface area contributed by atoms with Crippen LogP contribution < -0.4 is 24.9 Å². The van der Waals surface area contributed by atoms with Gasteiger partial charge in [0.1, 0.15) is 11.4 Å². The molecule has 1 atom stereocenters. The SMILES string of the molecule is COc1cc(C(=O)N2CC(=O)C[C@H]2CO[Si](C)(C)C(C)(C)C)c(NC(=O)OC(C)(C)C)cc1O[Si](c1ccccc1)(c1ccccc1)C(C)(C)C. The van der Waals surface area contributed by atoms with E-state index in [0.29, 0.717) is 11.5 Å². The van der Waals surface area contributed by atoms with Crippen LogP contribution >= 0.6 is 0 Å². The first-order chi connectivity index (χ1) is 23.6. The molecule has 0 unspecified atom stereocenters. The second-order valence-corrected chi connectivity index (χ2v) is 25.9. The van der Waals surface area contributed by atoms with Crippen LogP contribution in [-0.2, 0) is 14.0 Å². The maximum Gasteiger partial charge on any atom is 0.412 e. The number of hydrogen-bond acceptors (Lipinski definition) is 7. The Labute approximate surface area is 306 Å². The summed E-state index contributed by atoms with van der Waals surface area (Å²) in [6, 6.07) is 23.1. The molecule has 1 aliphatic rings. The van der Waals surface area contributed by atoms with Crippen molar-refractivity contribution in [2.24, 2.45) is 0 Å². The molecule has 2 amide bonds. The number of benzene rings is 3. The van der Waals surface area contributed by atoms with Gasteiger partial charge in [-0.1, -0.05) is 102 Å². The van der Waals surface area contributed by atoms with Gasteiger partial charge in [0.05, 0.1) is 37.6 Å². The topological polar surface area (TPSA) is 103 Å². The zero-order chi connectivity index (χ0) is 38.0. The highest BCUT2D eigenvalue weighted by Crippen LogP contribution is 2.43. The smallest absolute Gasteiger partial charge is 0.412 e. The van der Waals surface area contributed by atoms with E-state index in [2.05, 4.69) is 84.2 Å². The van der Waals surface area contributed by atoms with Gasteiger partial charge in [0.25, 0.3) is 5.91 Å². The zero-order valence-corrected chi connectivity index (χ0v) is 34.4. The van der Waals surface area contributed by atoms with Crippen molar-refractivity contribution < 1.29 is 32.7 Å². The third-order valence-electron chi connectivity index (χ3n) is 9.80. The third-order valence-corrected chi connectivity index (χ3v) is 19.2. The first kappa shape index (κ1) is 39.8. The number of carbonyl (C=O) groups is 3. The van der Waals surface area contributed by atoms with Crippen LogP contribution in [0.1, 0.15) is 79.1 Å². The minimum absolute atomic E-state index is 0.0384. The van der Waals surface area contributed by atoms with Crippen LogP contribution in [0, 0.1) is 0 Å². The van der Waals surface area contributed by atoms with E-state index < -0.39 is 40.3 Å². The Hall–Kier alpha value is -3.94. The van der Waals surface area contributed by atoms with E-state index in [4.69, 9.17) is 18.3 Å². The minimum Gasteiger partial charge on any atom is -0.531 e. The molecule has 0 aliphatic carbocycles. The summed E-state index contributed by atoms with van der Waals surface area (Å²) in [5.74, 6) is 0.212. The second kappa shape index (κ2) is 15.0. The third kappa shape index (κ3) is 8.93. The molecule has 0 bridgehead atoms. The normalized spacial score (nSPS) is 15.8. The summed E-state index contributed by atoms with van der Waals surface area (Å²) < 4.78 is 25.4. The summed E-state index contributed by atoms with van der Waals surface area (Å²) in [6.07, 6.45) is -0.533. The van der Waals surface area contributed by atoms with E-state index in [9.17, 15) is 14.4 Å². The highest BCUT2D eigenvalue weighted by molar-refractivity contribution is 7.00. The molecule has 276 valence electrons. The summed E-state index contributed by atoms with van der Waals surface area (Å²) in [4.78, 5) is 42.3. The average molecular weight is 733 g/mol. The number of Topliss-reactive ketones (excluding diaryl/α,β-unsaturated/α-hetero) is 1. The Kier molecular flexibility index (Phi) is 11.7. The second-order valence-electron chi connectivity index (χ2n) is 16.8. The lowest BCUT2D eigenvalue weighted by Crippen LogP contribution is -2.68. The number of anilines is 1. The Bertz CT molecular complexity index is 1670. The van der Waals surface area contributed by atoms with Crippen LogP contribution in [0.5, 0.6) is 11.5 Å². The van der Waals surface area contributed by atoms with Crippen LogP contribution in [0.25, 0.3) is 0 Å². The van der Waals surface area contributed by atoms with E-state index in [1.54, 1.807) is 37.8 Å². The van der Waals surface area contributed by atoms with Crippen molar-refractivity contribution in [3.05, 3.63) is 78.4 Å². The summed E-state index contributed by atoms with van der Waals surface area (Å²) in [7, 11) is -3.79. The Morgan fingerprint density at radius 1 is 0.824 bits per heavy atom. The number of nitrogens with zero attached hydrogens (tertiary/aromatic N) is 1. The van der Waals surface area contributed by atoms with Gasteiger partial charge < -0.3 is 23.2 Å². The van der Waals surface area contributed by atoms with E-state index >= 15 is 0 Å². The number of likely N-dealkylation sites (tertiary alicyclic amines) is 1. The Morgan fingerprint density at radius 2 is 1.37 bits per heavy atom. The standard InChI is InChI=1S/C40H56N2O7Si2/c1-38(2,3)48-37(45)41-33-25-35(49-51(40(7,8)9,30-19-15-13-16-20-30)31-21-17-14-18-22-31)34(46-10)24-32(33)36(44)42-26-29(43)23-28(42)27-47-50(11,12)39(4,5)6/h13-22,24-25,28H,23,26-27H2,1-12H3,(H,41,45)/t28-/m0/s1. The number of nitrogens with one attached hydrogen (secondary N) is 1. The highest BCUT2D eigenvalue weighted by atomic mass is 28.4. The average Bonchev–Trinajstić information content (AvgIpc) is 3.41. The predicted molar refractivity (Wildman–Crippen MR) is 209 cm³/mol. The predicted octanol–water partition coefficient (Wildman–Crippen LogP) is 7.79. The number of ketones is 1. The monoisotopic (exact) mass is 732 g/mol. The van der Waals surface area contributed by atoms with Gasteiger partial charge in [-0.3, -0.25) is 14.9 Å². The number of hydrogen-bond donors (Lipinski definition) is 1. The highest BCUT2D eigenvalue weighted by Gasteiger charge is 2.52. The molecular formula is C40H56N2O7Si2. The molecule has 1 saturated heterocycles. The quantitative estimate of drug-likeness (QED) is 0.212. The fourth-order valence-electron chi connectivity index (χ4n) is 6.13. The van der Waals surface area contributed by atoms with Crippen LogP contribution in [0.4, 0.5) is 10.5 Å². The van der Waals surface area contributed by atoms with Crippen LogP contribution in [0.15, 0.2) is 72.8 Å². The molecule has 0 aromatic heterocycles. The van der Waals surface area contributed by atoms with Crippen LogP contribution in [-0.4, -0.2) is 71.2 Å². The van der Waals surface area contributed by atoms with Gasteiger partial charge in [-0.25, -0.2) is 4.79 Å². The molecule has 1 aliphatic heterocycles. The molecule has 1 heterocycles. The molecule has 3 aromatic carbocycles. The minimum atomic E-state index is -3.15. The van der Waals surface area contributed by atoms with Crippen LogP contribution in [0.3, 0.4) is 0 Å². The molecular weight excluding hydrogens is 677 g/mol. The van der Waals surface area contributed by atoms with Crippen molar-refractivity contribution in [1.82, 2.24) is 4.90 Å². The van der Waals surface area contributed by atoms with Crippen LogP contribution in [0.2, 0.25) is 23.2 Å². The maximum atomic E-state index is 14.5. The lowest BCUT2D eigenvalue weighted by molar-refractivity contribution is -0.116. The molecule has 0 radical (unpaired) electrons. The van der Waals surface area contributed by atoms with Crippen molar-refractivity contribution in [3.8, 4) is 11.5 Å². The first-order valence-corrected chi connectivity index (χ1v) is 22.4. The summed E-state index contributed by atoms with van der Waals surface area (Å²) in [5.41, 5.74) is -0.450. The summed E-state index contributed by atoms with van der Waals surface area (Å²) >= 11 is 0. The van der Waals surface area contributed by atoms with E-state index in [1.165, 1.54) is 7.11 Å². The molecule has 1 fully saturated rings. The largest absolute Gasteiger partial charge is 0.531 e. The van der Waals surface area contributed by atoms with Crippen molar-refractivity contribution in [2.45, 2.75) is 104 Å². The fraction of sp³-hybridized carbons (Fsp3) is 0.475. The van der Waals surface area contributed by atoms with Crippen molar-refractivity contribution in [3.63, 3.8) is 0 Å². The Balaban J connectivity index is 1.87. The van der Waals surface area contributed by atoms with E-state index in [-0.39, 0.29) is 46.7 Å². The molecule has 9 nitrogen and oxygen atoms in total. The maximum absolute atomic E-state index is 14.5. The zero-order valence-electron chi connectivity index (χ0n) is 32.4. The van der Waals surface area contributed by atoms with Gasteiger partial charge in [-0.15, -0.1) is 0 Å². The van der Waals surface area contributed by atoms with Crippen molar-refractivity contribution in [2.75, 3.05) is 25.6 Å². The van der Waals surface area contributed by atoms with Crippen molar-refractivity contribution in [1.29, 1.82) is 0 Å². The molecule has 3 aromatic rings. The first-order valence-electron chi connectivity index (χ1n) is 17.6. The summed E-state index contributed by atoms with van der Waals surface area (Å²) in [6.45, 7) is 22.8. The number of carbonyl (C=O) groups excluding carboxylic acids is 3. The number of rotatable bonds is 10. The lowest BCUT2D eigenvalue weighted by atomic mass is 10.1. The number of ether oxygens (including phenoxy) is 2. The molecule has 4 rings (SSSR count). The number of methoxy groups -OCH3 is 1. The van der Waals surface area contributed by atoms with Gasteiger partial charge >= 0.3 is 14.4 Å². The van der Waals surface area contributed by atoms with Gasteiger partial charge in [0, 0.05) is 12.5 Å². The van der Waals surface area contributed by atoms with Gasteiger partial charge in [-0.05, 0) is 60.4 Å². The van der Waals surface area contributed by atoms with E-state index in [1.807, 2.05) is 36.4 Å². The fourth-order valence-corrected chi connectivity index (χ4v) is 11.6. The van der Waals surface area contributed by atoms with Crippen molar-refractivity contribution >= 4 is 50.5 Å². The lowest BCUT2D eigenvalue weighted by Gasteiger charge is -2.43. The molecule has 51 heavy (non-hydrogen) atoms. The van der Waals surface area contributed by atoms with Gasteiger partial charge in [0.15, 0.2) is 19.9 Å². The molecule has 1 N–H and O–H groups in total. The molecule has 11 heteroatoms. The Morgan fingerprint density at radius 3 is 1.84 bits per heavy atom. The van der Waals surface area contributed by atoms with Gasteiger partial charge in [-0.2, -0.15) is 0 Å². The molecule has 0 saturated carbocycles. The number of amides is 2. The molecule has 0 spiro atoms. The summed E-state index contributed by atoms with van der Waals surface area (Å²) in [5, 5.41) is 4.52. The van der Waals surface area contributed by atoms with E-state index in [0.717, 1.165) is 10.4 Å².